The van der Waals surface area contributed by atoms with E-state index >= 15 is 0 Å². The Morgan fingerprint density at radius 1 is 0.725 bits per heavy atom. The number of para-hydroxylation sites is 3. The van der Waals surface area contributed by atoms with Crippen LogP contribution in [0.15, 0.2) is 133 Å². The van der Waals surface area contributed by atoms with Crippen molar-refractivity contribution in [3.63, 3.8) is 0 Å². The molecular weight excluding hydrogens is 623 g/mol. The molecule has 0 spiro atoms. The van der Waals surface area contributed by atoms with Gasteiger partial charge in [-0.2, -0.15) is 15.8 Å². The lowest BCUT2D eigenvalue weighted by molar-refractivity contribution is 0.699. The fraction of sp³-hybridized carbons (Fsp3) is 0.0652. The van der Waals surface area contributed by atoms with Crippen molar-refractivity contribution in [2.24, 2.45) is 5.92 Å². The lowest BCUT2D eigenvalue weighted by atomic mass is 9.81. The zero-order valence-corrected chi connectivity index (χ0v) is 27.7. The summed E-state index contributed by atoms with van der Waals surface area (Å²) in [6.07, 6.45) is 16.0. The van der Waals surface area contributed by atoms with Gasteiger partial charge in [0.15, 0.2) is 0 Å². The average molecular weight is 652 g/mol. The first-order chi connectivity index (χ1) is 25.1. The number of rotatable bonds is 5. The summed E-state index contributed by atoms with van der Waals surface area (Å²) in [6.45, 7) is 1.93. The minimum Gasteiger partial charge on any atom is -0.307 e. The van der Waals surface area contributed by atoms with Gasteiger partial charge in [0.05, 0.1) is 51.4 Å². The van der Waals surface area contributed by atoms with E-state index in [0.717, 1.165) is 66.3 Å². The molecule has 0 fully saturated rings. The molecule has 5 aromatic carbocycles. The molecule has 2 atom stereocenters. The van der Waals surface area contributed by atoms with Gasteiger partial charge in [0.25, 0.3) is 0 Å². The van der Waals surface area contributed by atoms with Gasteiger partial charge in [-0.3, -0.25) is 0 Å². The molecule has 7 aromatic rings. The summed E-state index contributed by atoms with van der Waals surface area (Å²) in [5.41, 5.74) is 10.0. The van der Waals surface area contributed by atoms with Crippen LogP contribution < -0.4 is 0 Å². The number of nitrogens with zero attached hydrogens (tertiary/aromatic N) is 5. The normalized spacial score (nSPS) is 15.4. The number of aromatic nitrogens is 2. The molecule has 1 aliphatic carbocycles. The van der Waals surface area contributed by atoms with Crippen LogP contribution in [0.5, 0.6) is 0 Å². The van der Waals surface area contributed by atoms with Gasteiger partial charge in [-0.25, -0.2) is 0 Å². The van der Waals surface area contributed by atoms with Gasteiger partial charge < -0.3 is 9.13 Å². The standard InChI is InChI=1S/C46H29N5/c1-3-11-36-39-26-30(27-47)20-25-45(39)50(41(36)4-2)44-19-10-15-34(40(44)29-49)31-21-23-32(24-22-31)35-16-9-12-33(28-48)46(35)51-42-17-7-5-13-37(42)38-14-6-8-18-43(38)51/h2-3,5-26,34,40H,1H3/b11-3-. The summed E-state index contributed by atoms with van der Waals surface area (Å²) < 4.78 is 4.20. The van der Waals surface area contributed by atoms with E-state index < -0.39 is 5.92 Å². The van der Waals surface area contributed by atoms with Crippen LogP contribution in [-0.2, 0) is 0 Å². The second-order valence-electron chi connectivity index (χ2n) is 12.5. The Balaban J connectivity index is 1.23. The van der Waals surface area contributed by atoms with Crippen molar-refractivity contribution in [1.29, 1.82) is 15.8 Å². The van der Waals surface area contributed by atoms with Crippen molar-refractivity contribution in [3.05, 3.63) is 161 Å². The molecular formula is C46H29N5. The summed E-state index contributed by atoms with van der Waals surface area (Å²) in [5.74, 6) is 2.10. The van der Waals surface area contributed by atoms with Gasteiger partial charge >= 0.3 is 0 Å². The van der Waals surface area contributed by atoms with Crippen LogP contribution in [-0.4, -0.2) is 9.13 Å². The van der Waals surface area contributed by atoms with Crippen LogP contribution in [0, 0.1) is 52.3 Å². The molecule has 2 aromatic heterocycles. The van der Waals surface area contributed by atoms with E-state index in [1.807, 2.05) is 84.3 Å². The second kappa shape index (κ2) is 12.6. The summed E-state index contributed by atoms with van der Waals surface area (Å²) in [5, 5.41) is 33.8. The van der Waals surface area contributed by atoms with Crippen LogP contribution in [0.4, 0.5) is 0 Å². The molecule has 0 saturated heterocycles. The lowest BCUT2D eigenvalue weighted by Gasteiger charge is -2.27. The Bertz CT molecular complexity index is 2760. The van der Waals surface area contributed by atoms with Crippen molar-refractivity contribution < 1.29 is 0 Å². The van der Waals surface area contributed by atoms with Crippen molar-refractivity contribution in [1.82, 2.24) is 9.13 Å². The number of allylic oxidation sites excluding steroid dienone is 5. The highest BCUT2D eigenvalue weighted by Crippen LogP contribution is 2.42. The van der Waals surface area contributed by atoms with Gasteiger partial charge in [0.2, 0.25) is 0 Å². The van der Waals surface area contributed by atoms with Crippen molar-refractivity contribution >= 4 is 44.5 Å². The maximum atomic E-state index is 10.7. The lowest BCUT2D eigenvalue weighted by Crippen LogP contribution is -2.18. The molecule has 0 bridgehead atoms. The molecule has 8 rings (SSSR count). The molecule has 5 nitrogen and oxygen atoms in total. The predicted molar refractivity (Wildman–Crippen MR) is 205 cm³/mol. The topological polar surface area (TPSA) is 81.2 Å². The van der Waals surface area contributed by atoms with E-state index in [1.165, 1.54) is 0 Å². The van der Waals surface area contributed by atoms with Gasteiger partial charge in [0, 0.05) is 38.9 Å². The maximum Gasteiger partial charge on any atom is 0.104 e. The van der Waals surface area contributed by atoms with E-state index in [9.17, 15) is 15.8 Å². The Kier molecular flexibility index (Phi) is 7.67. The smallest absolute Gasteiger partial charge is 0.104 e. The van der Waals surface area contributed by atoms with Crippen LogP contribution in [0.25, 0.3) is 61.3 Å². The Morgan fingerprint density at radius 3 is 2.08 bits per heavy atom. The van der Waals surface area contributed by atoms with E-state index in [1.54, 1.807) is 6.07 Å². The molecule has 0 saturated carbocycles. The van der Waals surface area contributed by atoms with Crippen molar-refractivity contribution in [3.8, 4) is 47.4 Å². The van der Waals surface area contributed by atoms with Crippen molar-refractivity contribution in [2.45, 2.75) is 12.8 Å². The Morgan fingerprint density at radius 2 is 1.43 bits per heavy atom. The number of hydrogen-bond acceptors (Lipinski definition) is 3. The second-order valence-corrected chi connectivity index (χ2v) is 12.5. The molecule has 0 N–H and O–H groups in total. The molecule has 238 valence electrons. The number of hydrogen-bond donors (Lipinski definition) is 0. The summed E-state index contributed by atoms with van der Waals surface area (Å²) in [6, 6.07) is 43.6. The molecule has 5 heteroatoms. The fourth-order valence-corrected chi connectivity index (χ4v) is 7.62. The minimum atomic E-state index is -0.535. The van der Waals surface area contributed by atoms with Gasteiger partial charge in [-0.15, -0.1) is 6.42 Å². The molecule has 2 unspecified atom stereocenters. The Hall–Kier alpha value is -7.31. The first kappa shape index (κ1) is 31.0. The number of fused-ring (bicyclic) bond motifs is 4. The van der Waals surface area contributed by atoms with Crippen molar-refractivity contribution in [2.75, 3.05) is 0 Å². The number of benzene rings is 5. The highest BCUT2D eigenvalue weighted by molar-refractivity contribution is 6.10. The molecule has 1 aliphatic rings. The van der Waals surface area contributed by atoms with Crippen LogP contribution >= 0.6 is 0 Å². The average Bonchev–Trinajstić information content (AvgIpc) is 3.69. The third-order valence-electron chi connectivity index (χ3n) is 9.83. The molecule has 0 aliphatic heterocycles. The third kappa shape index (κ3) is 4.85. The van der Waals surface area contributed by atoms with Crippen LogP contribution in [0.1, 0.15) is 40.8 Å². The van der Waals surface area contributed by atoms with E-state index in [2.05, 4.69) is 89.4 Å². The van der Waals surface area contributed by atoms with Crippen LogP contribution in [0.2, 0.25) is 0 Å². The summed E-state index contributed by atoms with van der Waals surface area (Å²) >= 11 is 0. The minimum absolute atomic E-state index is 0.238. The number of nitriles is 3. The fourth-order valence-electron chi connectivity index (χ4n) is 7.62. The van der Waals surface area contributed by atoms with E-state index in [4.69, 9.17) is 6.42 Å². The Labute approximate surface area is 296 Å². The number of terminal acetylenes is 1. The molecule has 0 amide bonds. The molecule has 0 radical (unpaired) electrons. The highest BCUT2D eigenvalue weighted by Gasteiger charge is 2.31. The quantitative estimate of drug-likeness (QED) is 0.174. The molecule has 51 heavy (non-hydrogen) atoms. The van der Waals surface area contributed by atoms with Crippen LogP contribution in [0.3, 0.4) is 0 Å². The van der Waals surface area contributed by atoms with Gasteiger partial charge in [-0.05, 0) is 60.5 Å². The zero-order chi connectivity index (χ0) is 35.1. The summed E-state index contributed by atoms with van der Waals surface area (Å²) in [7, 11) is 0. The van der Waals surface area contributed by atoms with Gasteiger partial charge in [0.1, 0.15) is 11.8 Å². The highest BCUT2D eigenvalue weighted by atomic mass is 15.0. The predicted octanol–water partition coefficient (Wildman–Crippen LogP) is 10.5. The van der Waals surface area contributed by atoms with E-state index in [0.29, 0.717) is 16.8 Å². The third-order valence-corrected chi connectivity index (χ3v) is 9.83. The first-order valence-electron chi connectivity index (χ1n) is 16.7. The molecule has 2 heterocycles. The SMILES string of the molecule is C#Cc1c(/C=C\C)c2cc(C#N)ccc2n1C1=CC=CC(c2ccc(-c3cccc(C#N)c3-n3c4ccccc4c4ccccc43)cc2)C1C#N. The largest absolute Gasteiger partial charge is 0.307 e. The monoisotopic (exact) mass is 651 g/mol. The zero-order valence-electron chi connectivity index (χ0n) is 27.7. The van der Waals surface area contributed by atoms with Gasteiger partial charge in [-0.1, -0.05) is 103 Å². The maximum absolute atomic E-state index is 10.7. The first-order valence-corrected chi connectivity index (χ1v) is 16.7. The van der Waals surface area contributed by atoms with E-state index in [-0.39, 0.29) is 5.92 Å². The summed E-state index contributed by atoms with van der Waals surface area (Å²) in [4.78, 5) is 0.